The molecule has 0 bridgehead atoms. The van der Waals surface area contributed by atoms with Crippen LogP contribution in [0.15, 0.2) is 53.3 Å². The molecule has 0 radical (unpaired) electrons. The van der Waals surface area contributed by atoms with Gasteiger partial charge in [-0.05, 0) is 37.1 Å². The molecule has 6 heteroatoms. The summed E-state index contributed by atoms with van der Waals surface area (Å²) in [5.74, 6) is -1.38. The van der Waals surface area contributed by atoms with Crippen LogP contribution in [0.3, 0.4) is 0 Å². The van der Waals surface area contributed by atoms with E-state index in [1.165, 1.54) is 24.4 Å². The Balaban J connectivity index is 2.45. The number of esters is 1. The largest absolute Gasteiger partial charge is 0.455 e. The molecule has 5 nitrogen and oxygen atoms in total. The molecule has 0 atom stereocenters. The zero-order valence-corrected chi connectivity index (χ0v) is 13.1. The van der Waals surface area contributed by atoms with E-state index in [-0.39, 0.29) is 12.0 Å². The first-order valence-corrected chi connectivity index (χ1v) is 6.97. The highest BCUT2D eigenvalue weighted by molar-refractivity contribution is 5.83. The number of benzene rings is 1. The average Bonchev–Trinajstić information content (AvgIpc) is 2.51. The molecule has 1 amide bonds. The van der Waals surface area contributed by atoms with Gasteiger partial charge >= 0.3 is 5.97 Å². The van der Waals surface area contributed by atoms with Crippen molar-refractivity contribution in [1.29, 1.82) is 0 Å². The van der Waals surface area contributed by atoms with E-state index in [0.29, 0.717) is 5.82 Å². The summed E-state index contributed by atoms with van der Waals surface area (Å²) < 4.78 is 18.2. The van der Waals surface area contributed by atoms with Crippen molar-refractivity contribution in [2.45, 2.75) is 20.3 Å². The fourth-order valence-corrected chi connectivity index (χ4v) is 1.53. The number of nitrogens with zero attached hydrogens (tertiary/aromatic N) is 1. The molecule has 0 aliphatic rings. The molecule has 0 heterocycles. The van der Waals surface area contributed by atoms with Gasteiger partial charge in [0, 0.05) is 6.21 Å². The SMILES string of the molecule is C=C(C)C=N/C(=C\C)NC(=O)COC(=O)Cc1ccccc1F. The highest BCUT2D eigenvalue weighted by atomic mass is 19.1. The standard InChI is InChI=1S/C17H19FN2O3/c1-4-15(19-10-12(2)3)20-16(21)11-23-17(22)9-13-7-5-6-8-14(13)18/h4-8,10H,2,9,11H2,1,3H3,(H,20,21)/b15-4+,19-10?. The lowest BCUT2D eigenvalue weighted by Gasteiger charge is -2.07. The van der Waals surface area contributed by atoms with Gasteiger partial charge in [0.05, 0.1) is 6.42 Å². The average molecular weight is 318 g/mol. The molecule has 0 saturated carbocycles. The number of carbonyl (C=O) groups is 2. The van der Waals surface area contributed by atoms with E-state index >= 15 is 0 Å². The predicted molar refractivity (Wildman–Crippen MR) is 86.3 cm³/mol. The minimum atomic E-state index is -0.683. The number of allylic oxidation sites excluding steroid dienone is 2. The van der Waals surface area contributed by atoms with E-state index in [1.54, 1.807) is 26.0 Å². The summed E-state index contributed by atoms with van der Waals surface area (Å²) in [5, 5.41) is 2.48. The Morgan fingerprint density at radius 3 is 2.70 bits per heavy atom. The van der Waals surface area contributed by atoms with Gasteiger partial charge in [-0.25, -0.2) is 9.38 Å². The number of hydrogen-bond donors (Lipinski definition) is 1. The molecule has 0 unspecified atom stereocenters. The minimum Gasteiger partial charge on any atom is -0.455 e. The molecule has 1 aromatic carbocycles. The van der Waals surface area contributed by atoms with E-state index in [4.69, 9.17) is 4.74 Å². The second kappa shape index (κ2) is 9.30. The molecular formula is C17H19FN2O3. The third-order valence-corrected chi connectivity index (χ3v) is 2.62. The molecule has 1 rings (SSSR count). The Morgan fingerprint density at radius 1 is 1.39 bits per heavy atom. The van der Waals surface area contributed by atoms with Gasteiger partial charge in [-0.15, -0.1) is 0 Å². The molecule has 0 aromatic heterocycles. The van der Waals surface area contributed by atoms with Crippen LogP contribution in [-0.4, -0.2) is 24.7 Å². The molecule has 1 N–H and O–H groups in total. The Morgan fingerprint density at radius 2 is 2.09 bits per heavy atom. The summed E-state index contributed by atoms with van der Waals surface area (Å²) in [4.78, 5) is 27.3. The van der Waals surface area contributed by atoms with Gasteiger partial charge < -0.3 is 10.1 Å². The molecule has 0 spiro atoms. The zero-order chi connectivity index (χ0) is 17.2. The molecule has 0 aliphatic carbocycles. The smallest absolute Gasteiger partial charge is 0.310 e. The number of amides is 1. The molecule has 1 aromatic rings. The van der Waals surface area contributed by atoms with E-state index in [9.17, 15) is 14.0 Å². The van der Waals surface area contributed by atoms with Crippen molar-refractivity contribution in [1.82, 2.24) is 5.32 Å². The van der Waals surface area contributed by atoms with Crippen molar-refractivity contribution in [2.75, 3.05) is 6.61 Å². The Hall–Kier alpha value is -2.76. The Labute approximate surface area is 134 Å². The van der Waals surface area contributed by atoms with Crippen molar-refractivity contribution in [3.63, 3.8) is 0 Å². The number of rotatable bonds is 7. The molecule has 0 fully saturated rings. The first-order valence-electron chi connectivity index (χ1n) is 6.97. The van der Waals surface area contributed by atoms with Crippen LogP contribution >= 0.6 is 0 Å². The van der Waals surface area contributed by atoms with E-state index < -0.39 is 24.3 Å². The van der Waals surface area contributed by atoms with Gasteiger partial charge in [-0.3, -0.25) is 9.59 Å². The maximum Gasteiger partial charge on any atom is 0.310 e. The van der Waals surface area contributed by atoms with Gasteiger partial charge in [0.1, 0.15) is 11.6 Å². The number of nitrogens with one attached hydrogen (secondary N) is 1. The summed E-state index contributed by atoms with van der Waals surface area (Å²) in [5.41, 5.74) is 0.952. The maximum absolute atomic E-state index is 13.4. The van der Waals surface area contributed by atoms with E-state index in [0.717, 1.165) is 5.57 Å². The minimum absolute atomic E-state index is 0.220. The van der Waals surface area contributed by atoms with E-state index in [1.807, 2.05) is 0 Å². The molecule has 0 saturated heterocycles. The number of hydrogen-bond acceptors (Lipinski definition) is 4. The van der Waals surface area contributed by atoms with Crippen molar-refractivity contribution in [3.8, 4) is 0 Å². The van der Waals surface area contributed by atoms with Crippen molar-refractivity contribution >= 4 is 18.1 Å². The van der Waals surface area contributed by atoms with Crippen LogP contribution in [-0.2, 0) is 20.7 Å². The highest BCUT2D eigenvalue weighted by Crippen LogP contribution is 2.07. The van der Waals surface area contributed by atoms with Gasteiger partial charge in [-0.1, -0.05) is 24.8 Å². The normalized spacial score (nSPS) is 11.3. The molecule has 122 valence electrons. The van der Waals surface area contributed by atoms with Crippen LogP contribution in [0.25, 0.3) is 0 Å². The van der Waals surface area contributed by atoms with Crippen LogP contribution < -0.4 is 5.32 Å². The van der Waals surface area contributed by atoms with Crippen molar-refractivity contribution in [3.05, 3.63) is 59.7 Å². The van der Waals surface area contributed by atoms with Crippen LogP contribution in [0.4, 0.5) is 4.39 Å². The van der Waals surface area contributed by atoms with Gasteiger partial charge in [0.25, 0.3) is 5.91 Å². The monoisotopic (exact) mass is 318 g/mol. The summed E-state index contributed by atoms with van der Waals surface area (Å²) in [7, 11) is 0. The van der Waals surface area contributed by atoms with Crippen LogP contribution in [0.2, 0.25) is 0 Å². The first kappa shape index (κ1) is 18.3. The fourth-order valence-electron chi connectivity index (χ4n) is 1.53. The Kier molecular flexibility index (Phi) is 7.39. The first-order chi connectivity index (χ1) is 10.9. The van der Waals surface area contributed by atoms with Gasteiger partial charge in [0.15, 0.2) is 6.61 Å². The predicted octanol–water partition coefficient (Wildman–Crippen LogP) is 2.54. The lowest BCUT2D eigenvalue weighted by atomic mass is 10.1. The maximum atomic E-state index is 13.4. The van der Waals surface area contributed by atoms with Crippen molar-refractivity contribution < 1.29 is 18.7 Å². The molecular weight excluding hydrogens is 299 g/mol. The van der Waals surface area contributed by atoms with E-state index in [2.05, 4.69) is 16.9 Å². The van der Waals surface area contributed by atoms with Gasteiger partial charge in [0.2, 0.25) is 0 Å². The second-order valence-electron chi connectivity index (χ2n) is 4.76. The van der Waals surface area contributed by atoms with Crippen LogP contribution in [0.1, 0.15) is 19.4 Å². The lowest BCUT2D eigenvalue weighted by Crippen LogP contribution is -2.28. The number of carbonyl (C=O) groups excluding carboxylic acids is 2. The lowest BCUT2D eigenvalue weighted by molar-refractivity contribution is -0.147. The summed E-state index contributed by atoms with van der Waals surface area (Å²) in [6, 6.07) is 5.90. The molecule has 0 aliphatic heterocycles. The van der Waals surface area contributed by atoms with Crippen molar-refractivity contribution in [2.24, 2.45) is 4.99 Å². The number of ether oxygens (including phenoxy) is 1. The highest BCUT2D eigenvalue weighted by Gasteiger charge is 2.11. The quantitative estimate of drug-likeness (QED) is 0.620. The topological polar surface area (TPSA) is 67.8 Å². The Bertz CT molecular complexity index is 651. The third kappa shape index (κ3) is 7.17. The third-order valence-electron chi connectivity index (χ3n) is 2.62. The van der Waals surface area contributed by atoms with Crippen LogP contribution in [0, 0.1) is 5.82 Å². The second-order valence-corrected chi connectivity index (χ2v) is 4.76. The number of halogens is 1. The summed E-state index contributed by atoms with van der Waals surface area (Å²) in [6.07, 6.45) is 2.86. The summed E-state index contributed by atoms with van der Waals surface area (Å²) in [6.45, 7) is 6.66. The fraction of sp³-hybridized carbons (Fsp3) is 0.235. The van der Waals surface area contributed by atoms with Gasteiger partial charge in [-0.2, -0.15) is 0 Å². The summed E-state index contributed by atoms with van der Waals surface area (Å²) >= 11 is 0. The van der Waals surface area contributed by atoms with Crippen LogP contribution in [0.5, 0.6) is 0 Å². The number of aliphatic imine (C=N–C) groups is 1. The zero-order valence-electron chi connectivity index (χ0n) is 13.1. The molecule has 23 heavy (non-hydrogen) atoms.